The Labute approximate surface area is 182 Å². The first-order valence-corrected chi connectivity index (χ1v) is 11.7. The zero-order valence-corrected chi connectivity index (χ0v) is 18.1. The molecule has 3 heterocycles. The highest BCUT2D eigenvalue weighted by Crippen LogP contribution is 2.24. The summed E-state index contributed by atoms with van der Waals surface area (Å²) >= 11 is 7.14. The minimum absolute atomic E-state index is 0.196. The van der Waals surface area contributed by atoms with E-state index in [0.717, 1.165) is 21.2 Å². The largest absolute Gasteiger partial charge is 0.397 e. The molecule has 1 aromatic carbocycles. The molecule has 0 saturated carbocycles. The van der Waals surface area contributed by atoms with E-state index in [4.69, 9.17) is 17.3 Å². The minimum Gasteiger partial charge on any atom is -0.397 e. The number of sulfonamides is 1. The monoisotopic (exact) mass is 463 g/mol. The van der Waals surface area contributed by atoms with Crippen molar-refractivity contribution in [2.24, 2.45) is 0 Å². The van der Waals surface area contributed by atoms with Crippen molar-refractivity contribution < 1.29 is 13.2 Å². The smallest absolute Gasteiger partial charge is 0.238 e. The van der Waals surface area contributed by atoms with Gasteiger partial charge < -0.3 is 10.6 Å². The summed E-state index contributed by atoms with van der Waals surface area (Å²) in [5.41, 5.74) is 7.96. The van der Waals surface area contributed by atoms with E-state index in [1.165, 1.54) is 27.9 Å². The number of halogens is 1. The van der Waals surface area contributed by atoms with E-state index in [1.807, 2.05) is 18.2 Å². The van der Waals surface area contributed by atoms with Gasteiger partial charge in [0.1, 0.15) is 0 Å². The number of nitrogens with zero attached hydrogens (tertiary/aromatic N) is 4. The number of aromatic nitrogens is 2. The van der Waals surface area contributed by atoms with E-state index in [2.05, 4.69) is 10.2 Å². The van der Waals surface area contributed by atoms with Gasteiger partial charge in [-0.05, 0) is 29.8 Å². The molecule has 4 rings (SSSR count). The second kappa shape index (κ2) is 8.31. The Kier molecular flexibility index (Phi) is 5.74. The standard InChI is InChI=1S/C19H18ClN5O3S2/c20-18-4-2-14(29-18)5-8-30(27,28)25-7-6-24(19(26)12-25)11-13-1-3-15-16(21)10-22-23-17(15)9-13/h1-5,8-10H,6-7,11-12H2,(H2,21,23). The number of rotatable bonds is 5. The molecule has 2 aromatic heterocycles. The van der Waals surface area contributed by atoms with Gasteiger partial charge in [0, 0.05) is 35.3 Å². The fraction of sp³-hybridized carbons (Fsp3) is 0.211. The Bertz CT molecular complexity index is 1240. The first-order valence-electron chi connectivity index (χ1n) is 9.03. The number of benzene rings is 1. The van der Waals surface area contributed by atoms with Crippen molar-refractivity contribution in [2.75, 3.05) is 25.4 Å². The maximum Gasteiger partial charge on any atom is 0.238 e. The number of piperazine rings is 1. The number of nitrogens with two attached hydrogens (primary N) is 1. The van der Waals surface area contributed by atoms with Gasteiger partial charge >= 0.3 is 0 Å². The molecule has 0 unspecified atom stereocenters. The van der Waals surface area contributed by atoms with E-state index >= 15 is 0 Å². The third-order valence-corrected chi connectivity index (χ3v) is 7.46. The average molecular weight is 464 g/mol. The molecule has 1 aliphatic rings. The van der Waals surface area contributed by atoms with Crippen molar-refractivity contribution in [2.45, 2.75) is 6.54 Å². The summed E-state index contributed by atoms with van der Waals surface area (Å²) in [5.74, 6) is -0.254. The SMILES string of the molecule is Nc1cnnc2cc(CN3CCN(S(=O)(=O)C=Cc4ccc(Cl)s4)CC3=O)ccc12. The molecule has 0 aliphatic carbocycles. The van der Waals surface area contributed by atoms with Gasteiger partial charge in [0.15, 0.2) is 0 Å². The van der Waals surface area contributed by atoms with Crippen molar-refractivity contribution in [1.82, 2.24) is 19.4 Å². The van der Waals surface area contributed by atoms with Crippen LogP contribution in [-0.2, 0) is 21.4 Å². The number of carbonyl (C=O) groups excluding carboxylic acids is 1. The number of carbonyl (C=O) groups is 1. The third-order valence-electron chi connectivity index (χ3n) is 4.75. The third kappa shape index (κ3) is 4.46. The molecule has 3 aromatic rings. The Hall–Kier alpha value is -2.53. The van der Waals surface area contributed by atoms with E-state index in [-0.39, 0.29) is 19.0 Å². The van der Waals surface area contributed by atoms with Crippen LogP contribution in [0.3, 0.4) is 0 Å². The summed E-state index contributed by atoms with van der Waals surface area (Å²) < 4.78 is 26.9. The number of nitrogen functional groups attached to an aromatic ring is 1. The highest BCUT2D eigenvalue weighted by atomic mass is 35.5. The first kappa shape index (κ1) is 20.7. The maximum absolute atomic E-state index is 12.6. The van der Waals surface area contributed by atoms with Gasteiger partial charge in [-0.1, -0.05) is 23.7 Å². The molecular formula is C19H18ClN5O3S2. The molecule has 1 aliphatic heterocycles. The van der Waals surface area contributed by atoms with Crippen molar-refractivity contribution in [3.8, 4) is 0 Å². The molecule has 8 nitrogen and oxygen atoms in total. The molecule has 1 saturated heterocycles. The van der Waals surface area contributed by atoms with Gasteiger partial charge in [-0.2, -0.15) is 14.5 Å². The van der Waals surface area contributed by atoms with E-state index < -0.39 is 10.0 Å². The number of anilines is 1. The summed E-state index contributed by atoms with van der Waals surface area (Å²) in [6, 6.07) is 9.01. The van der Waals surface area contributed by atoms with Gasteiger partial charge in [0.25, 0.3) is 0 Å². The first-order chi connectivity index (χ1) is 14.3. The van der Waals surface area contributed by atoms with Crippen LogP contribution >= 0.6 is 22.9 Å². The summed E-state index contributed by atoms with van der Waals surface area (Å²) in [7, 11) is -3.70. The van der Waals surface area contributed by atoms with Gasteiger partial charge in [-0.3, -0.25) is 4.79 Å². The molecule has 0 radical (unpaired) electrons. The lowest BCUT2D eigenvalue weighted by atomic mass is 10.1. The normalized spacial score (nSPS) is 16.0. The minimum atomic E-state index is -3.70. The van der Waals surface area contributed by atoms with Crippen LogP contribution in [0.4, 0.5) is 5.69 Å². The van der Waals surface area contributed by atoms with Crippen LogP contribution in [0.15, 0.2) is 41.9 Å². The highest BCUT2D eigenvalue weighted by molar-refractivity contribution is 7.92. The number of thiophene rings is 1. The van der Waals surface area contributed by atoms with Gasteiger partial charge in [-0.15, -0.1) is 11.3 Å². The maximum atomic E-state index is 12.6. The topological polar surface area (TPSA) is 109 Å². The molecular weight excluding hydrogens is 446 g/mol. The lowest BCUT2D eigenvalue weighted by molar-refractivity contribution is -0.134. The fourth-order valence-corrected chi connectivity index (χ4v) is 5.34. The summed E-state index contributed by atoms with van der Waals surface area (Å²) in [4.78, 5) is 14.9. The van der Waals surface area contributed by atoms with Crippen LogP contribution in [0, 0.1) is 0 Å². The Morgan fingerprint density at radius 3 is 2.80 bits per heavy atom. The number of hydrogen-bond donors (Lipinski definition) is 1. The van der Waals surface area contributed by atoms with Crippen molar-refractivity contribution >= 4 is 61.5 Å². The van der Waals surface area contributed by atoms with Crippen LogP contribution in [0.25, 0.3) is 17.0 Å². The molecule has 2 N–H and O–H groups in total. The summed E-state index contributed by atoms with van der Waals surface area (Å²) in [5, 5.41) is 9.84. The molecule has 0 atom stereocenters. The van der Waals surface area contributed by atoms with Crippen molar-refractivity contribution in [3.63, 3.8) is 0 Å². The lowest BCUT2D eigenvalue weighted by Crippen LogP contribution is -2.51. The van der Waals surface area contributed by atoms with Crippen molar-refractivity contribution in [1.29, 1.82) is 0 Å². The second-order valence-electron chi connectivity index (χ2n) is 6.79. The molecule has 0 bridgehead atoms. The summed E-state index contributed by atoms with van der Waals surface area (Å²) in [6.45, 7) is 0.697. The number of fused-ring (bicyclic) bond motifs is 1. The zero-order valence-electron chi connectivity index (χ0n) is 15.7. The molecule has 0 spiro atoms. The Morgan fingerprint density at radius 1 is 1.23 bits per heavy atom. The van der Waals surface area contributed by atoms with Crippen LogP contribution < -0.4 is 5.73 Å². The van der Waals surface area contributed by atoms with E-state index in [9.17, 15) is 13.2 Å². The van der Waals surface area contributed by atoms with Crippen LogP contribution in [0.1, 0.15) is 10.4 Å². The van der Waals surface area contributed by atoms with Gasteiger partial charge in [-0.25, -0.2) is 8.42 Å². The van der Waals surface area contributed by atoms with Gasteiger partial charge in [0.2, 0.25) is 15.9 Å². The highest BCUT2D eigenvalue weighted by Gasteiger charge is 2.30. The fourth-order valence-electron chi connectivity index (χ4n) is 3.17. The summed E-state index contributed by atoms with van der Waals surface area (Å²) in [6.07, 6.45) is 2.98. The molecule has 11 heteroatoms. The predicted molar refractivity (Wildman–Crippen MR) is 118 cm³/mol. The number of hydrogen-bond acceptors (Lipinski definition) is 7. The molecule has 30 heavy (non-hydrogen) atoms. The van der Waals surface area contributed by atoms with Crippen LogP contribution in [0.5, 0.6) is 0 Å². The quantitative estimate of drug-likeness (QED) is 0.622. The molecule has 156 valence electrons. The van der Waals surface area contributed by atoms with Crippen LogP contribution in [0.2, 0.25) is 4.34 Å². The zero-order chi connectivity index (χ0) is 21.3. The number of amides is 1. The lowest BCUT2D eigenvalue weighted by Gasteiger charge is -2.33. The Balaban J connectivity index is 1.43. The van der Waals surface area contributed by atoms with E-state index in [1.54, 1.807) is 17.0 Å². The molecule has 1 fully saturated rings. The molecule has 1 amide bonds. The van der Waals surface area contributed by atoms with Gasteiger partial charge in [0.05, 0.1) is 28.3 Å². The second-order valence-corrected chi connectivity index (χ2v) is 10.4. The van der Waals surface area contributed by atoms with Crippen molar-refractivity contribution in [3.05, 3.63) is 56.7 Å². The Morgan fingerprint density at radius 2 is 2.07 bits per heavy atom. The van der Waals surface area contributed by atoms with E-state index in [0.29, 0.717) is 28.6 Å². The predicted octanol–water partition coefficient (Wildman–Crippen LogP) is 2.57. The van der Waals surface area contributed by atoms with Crippen LogP contribution in [-0.4, -0.2) is 53.4 Å². The average Bonchev–Trinajstić information content (AvgIpc) is 3.13.